The minimum Gasteiger partial charge on any atom is -0.321 e. The van der Waals surface area contributed by atoms with Gasteiger partial charge in [0, 0.05) is 24.7 Å². The summed E-state index contributed by atoms with van der Waals surface area (Å²) in [5.74, 6) is -1.01. The number of nitrogens with one attached hydrogen (secondary N) is 1. The van der Waals surface area contributed by atoms with Gasteiger partial charge in [-0.2, -0.15) is 5.10 Å². The summed E-state index contributed by atoms with van der Waals surface area (Å²) in [6, 6.07) is 1.12. The van der Waals surface area contributed by atoms with Gasteiger partial charge in [0.05, 0.1) is 0 Å². The molecule has 0 radical (unpaired) electrons. The number of rotatable bonds is 1. The predicted octanol–water partition coefficient (Wildman–Crippen LogP) is 0.264. The van der Waals surface area contributed by atoms with Crippen molar-refractivity contribution in [2.24, 2.45) is 0 Å². The van der Waals surface area contributed by atoms with Crippen LogP contribution in [0.25, 0.3) is 0 Å². The Labute approximate surface area is 116 Å². The summed E-state index contributed by atoms with van der Waals surface area (Å²) in [5, 5.41) is 9.70. The van der Waals surface area contributed by atoms with Crippen LogP contribution in [0.3, 0.4) is 0 Å². The number of imide groups is 1. The number of amides is 3. The molecule has 3 heterocycles. The van der Waals surface area contributed by atoms with Crippen LogP contribution in [0, 0.1) is 0 Å². The van der Waals surface area contributed by atoms with Crippen LogP contribution in [0.4, 0.5) is 0 Å². The van der Waals surface area contributed by atoms with Gasteiger partial charge in [-0.05, 0) is 12.5 Å². The molecule has 1 unspecified atom stereocenters. The van der Waals surface area contributed by atoms with E-state index >= 15 is 0 Å². The number of nitrogens with zero attached hydrogens (tertiary/aromatic N) is 3. The molecule has 3 rings (SSSR count). The third-order valence-corrected chi connectivity index (χ3v) is 3.19. The summed E-state index contributed by atoms with van der Waals surface area (Å²) in [4.78, 5) is 36.3. The summed E-state index contributed by atoms with van der Waals surface area (Å²) in [6.45, 7) is 4.34. The first-order chi connectivity index (χ1) is 9.66. The Hall–Kier alpha value is -2.31. The minimum atomic E-state index is -0.593. The van der Waals surface area contributed by atoms with Crippen molar-refractivity contribution in [1.82, 2.24) is 20.4 Å². The highest BCUT2D eigenvalue weighted by atomic mass is 16.2. The topological polar surface area (TPSA) is 92.3 Å². The van der Waals surface area contributed by atoms with Gasteiger partial charge in [0.15, 0.2) is 5.69 Å². The molecule has 0 aliphatic carbocycles. The Morgan fingerprint density at radius 2 is 2.05 bits per heavy atom. The molecular weight excluding hydrogens is 260 g/mol. The van der Waals surface area contributed by atoms with Crippen LogP contribution in [0.15, 0.2) is 12.3 Å². The lowest BCUT2D eigenvalue weighted by Crippen LogP contribution is -2.52. The monoisotopic (exact) mass is 276 g/mol. The van der Waals surface area contributed by atoms with Gasteiger partial charge in [-0.15, -0.1) is 5.10 Å². The standard InChI is InChI=1S/C11H10N4O3.C2H6/c16-8-2-1-7(10(17)13-8)15-5-6-3-4-12-14-9(6)11(15)18;1-2/h3-4,7H,1-2,5H2,(H,13,16,17);1-2H3. The molecule has 7 nitrogen and oxygen atoms in total. The summed E-state index contributed by atoms with van der Waals surface area (Å²) in [5.41, 5.74) is 1.06. The lowest BCUT2D eigenvalue weighted by molar-refractivity contribution is -0.136. The number of aromatic nitrogens is 2. The maximum Gasteiger partial charge on any atom is 0.275 e. The van der Waals surface area contributed by atoms with E-state index in [4.69, 9.17) is 0 Å². The highest BCUT2D eigenvalue weighted by molar-refractivity contribution is 6.04. The van der Waals surface area contributed by atoms with E-state index < -0.39 is 11.9 Å². The molecule has 0 aromatic carbocycles. The van der Waals surface area contributed by atoms with Gasteiger partial charge in [0.2, 0.25) is 11.8 Å². The first-order valence-electron chi connectivity index (χ1n) is 6.62. The summed E-state index contributed by atoms with van der Waals surface area (Å²) < 4.78 is 0. The van der Waals surface area contributed by atoms with Gasteiger partial charge in [0.25, 0.3) is 5.91 Å². The number of piperidine rings is 1. The van der Waals surface area contributed by atoms with Crippen molar-refractivity contribution in [3.05, 3.63) is 23.5 Å². The van der Waals surface area contributed by atoms with Gasteiger partial charge in [-0.1, -0.05) is 13.8 Å². The molecule has 106 valence electrons. The quantitative estimate of drug-likeness (QED) is 0.743. The van der Waals surface area contributed by atoms with Crippen LogP contribution >= 0.6 is 0 Å². The minimum absolute atomic E-state index is 0.252. The van der Waals surface area contributed by atoms with E-state index in [1.165, 1.54) is 11.1 Å². The SMILES string of the molecule is CC.O=C1CCC(N2Cc3ccnnc3C2=O)C(=O)N1. The van der Waals surface area contributed by atoms with Crippen molar-refractivity contribution in [1.29, 1.82) is 0 Å². The second-order valence-electron chi connectivity index (χ2n) is 4.31. The highest BCUT2D eigenvalue weighted by Crippen LogP contribution is 2.25. The molecule has 1 aromatic rings. The van der Waals surface area contributed by atoms with Crippen LogP contribution in [0.5, 0.6) is 0 Å². The lowest BCUT2D eigenvalue weighted by atomic mass is 10.0. The summed E-state index contributed by atoms with van der Waals surface area (Å²) in [6.07, 6.45) is 2.13. The highest BCUT2D eigenvalue weighted by Gasteiger charge is 2.39. The second kappa shape index (κ2) is 5.77. The maximum atomic E-state index is 12.1. The summed E-state index contributed by atoms with van der Waals surface area (Å²) in [7, 11) is 0. The van der Waals surface area contributed by atoms with Gasteiger partial charge >= 0.3 is 0 Å². The fraction of sp³-hybridized carbons (Fsp3) is 0.462. The normalized spacial score (nSPS) is 21.0. The molecule has 7 heteroatoms. The predicted molar refractivity (Wildman–Crippen MR) is 69.4 cm³/mol. The van der Waals surface area contributed by atoms with Crippen molar-refractivity contribution in [2.45, 2.75) is 39.3 Å². The van der Waals surface area contributed by atoms with Crippen LogP contribution in [-0.4, -0.2) is 38.9 Å². The molecule has 20 heavy (non-hydrogen) atoms. The molecule has 1 saturated heterocycles. The molecule has 0 bridgehead atoms. The number of carbonyl (C=O) groups is 3. The van der Waals surface area contributed by atoms with Crippen LogP contribution in [0.2, 0.25) is 0 Å². The average molecular weight is 276 g/mol. The van der Waals surface area contributed by atoms with E-state index in [2.05, 4.69) is 15.5 Å². The molecule has 0 spiro atoms. The van der Waals surface area contributed by atoms with Crippen LogP contribution < -0.4 is 5.32 Å². The molecule has 2 aliphatic rings. The third-order valence-electron chi connectivity index (χ3n) is 3.19. The fourth-order valence-corrected chi connectivity index (χ4v) is 2.29. The Bertz CT molecular complexity index is 558. The Morgan fingerprint density at radius 1 is 1.30 bits per heavy atom. The van der Waals surface area contributed by atoms with Crippen molar-refractivity contribution in [3.63, 3.8) is 0 Å². The number of hydrogen-bond donors (Lipinski definition) is 1. The Morgan fingerprint density at radius 3 is 2.70 bits per heavy atom. The maximum absolute atomic E-state index is 12.1. The fourth-order valence-electron chi connectivity index (χ4n) is 2.29. The van der Waals surface area contributed by atoms with Crippen molar-refractivity contribution < 1.29 is 14.4 Å². The zero-order valence-electron chi connectivity index (χ0n) is 11.4. The van der Waals surface area contributed by atoms with E-state index in [1.54, 1.807) is 6.07 Å². The van der Waals surface area contributed by atoms with Crippen molar-refractivity contribution >= 4 is 17.7 Å². The molecule has 2 aliphatic heterocycles. The molecule has 1 fully saturated rings. The van der Waals surface area contributed by atoms with Crippen molar-refractivity contribution in [2.75, 3.05) is 0 Å². The lowest BCUT2D eigenvalue weighted by Gasteiger charge is -2.29. The average Bonchev–Trinajstić information content (AvgIpc) is 2.79. The zero-order valence-corrected chi connectivity index (χ0v) is 11.4. The third kappa shape index (κ3) is 2.38. The zero-order chi connectivity index (χ0) is 14.7. The number of fused-ring (bicyclic) bond motifs is 1. The first-order valence-corrected chi connectivity index (χ1v) is 6.62. The largest absolute Gasteiger partial charge is 0.321 e. The van der Waals surface area contributed by atoms with E-state index in [1.807, 2.05) is 13.8 Å². The molecular formula is C13H16N4O3. The van der Waals surface area contributed by atoms with E-state index in [9.17, 15) is 14.4 Å². The van der Waals surface area contributed by atoms with E-state index in [0.29, 0.717) is 18.7 Å². The number of hydrogen-bond acceptors (Lipinski definition) is 5. The van der Waals surface area contributed by atoms with Crippen LogP contribution in [-0.2, 0) is 16.1 Å². The van der Waals surface area contributed by atoms with Crippen LogP contribution in [0.1, 0.15) is 42.7 Å². The molecule has 1 N–H and O–H groups in total. The molecule has 1 atom stereocenters. The second-order valence-corrected chi connectivity index (χ2v) is 4.31. The smallest absolute Gasteiger partial charge is 0.275 e. The van der Waals surface area contributed by atoms with Gasteiger partial charge in [-0.3, -0.25) is 19.7 Å². The first kappa shape index (κ1) is 14.1. The summed E-state index contributed by atoms with van der Waals surface area (Å²) >= 11 is 0. The Kier molecular flexibility index (Phi) is 4.07. The van der Waals surface area contributed by atoms with Crippen molar-refractivity contribution in [3.8, 4) is 0 Å². The molecule has 0 saturated carbocycles. The van der Waals surface area contributed by atoms with E-state index in [0.717, 1.165) is 5.56 Å². The molecule has 3 amide bonds. The van der Waals surface area contributed by atoms with Gasteiger partial charge in [-0.25, -0.2) is 0 Å². The van der Waals surface area contributed by atoms with Gasteiger partial charge in [0.1, 0.15) is 6.04 Å². The van der Waals surface area contributed by atoms with E-state index in [-0.39, 0.29) is 18.2 Å². The molecule has 1 aromatic heterocycles. The number of carbonyl (C=O) groups excluding carboxylic acids is 3. The Balaban J connectivity index is 0.000000704. The van der Waals surface area contributed by atoms with Gasteiger partial charge < -0.3 is 4.90 Å².